The summed E-state index contributed by atoms with van der Waals surface area (Å²) in [5.74, 6) is -1.32. The van der Waals surface area contributed by atoms with E-state index in [1.165, 1.54) is 103 Å². The van der Waals surface area contributed by atoms with Gasteiger partial charge in [0, 0.05) is 12.8 Å². The largest absolute Gasteiger partial charge is 0.472 e. The Morgan fingerprint density at radius 3 is 1.13 bits per heavy atom. The fraction of sp³-hybridized carbons (Fsp3) is 0.963. The molecule has 2 aliphatic heterocycles. The number of aliphatic hydroxyl groups is 11. The molecule has 0 aromatic carbocycles. The Hall–Kier alpha value is -1.55. The maximum atomic E-state index is 14.0. The Morgan fingerprint density at radius 1 is 0.436 bits per heavy atom. The number of carbonyl (C=O) groups excluding carboxylic acids is 2. The molecular weight excluding hydrogens is 1050 g/mol. The monoisotopic (exact) mass is 1150 g/mol. The molecule has 3 rings (SSSR count). The highest BCUT2D eigenvalue weighted by atomic mass is 31.2. The van der Waals surface area contributed by atoms with E-state index in [4.69, 9.17) is 37.5 Å². The van der Waals surface area contributed by atoms with E-state index in [0.717, 1.165) is 57.8 Å². The fourth-order valence-electron chi connectivity index (χ4n) is 10.0. The van der Waals surface area contributed by atoms with E-state index >= 15 is 0 Å². The van der Waals surface area contributed by atoms with Crippen LogP contribution in [-0.2, 0) is 51.6 Å². The van der Waals surface area contributed by atoms with Gasteiger partial charge in [0.15, 0.2) is 18.7 Å². The van der Waals surface area contributed by atoms with Crippen molar-refractivity contribution in [3.05, 3.63) is 0 Å². The van der Waals surface area contributed by atoms with Crippen molar-refractivity contribution >= 4 is 19.8 Å². The lowest BCUT2D eigenvalue weighted by Crippen LogP contribution is -2.69. The summed E-state index contributed by atoms with van der Waals surface area (Å²) in [7, 11) is -5.63. The molecule has 3 fully saturated rings. The van der Waals surface area contributed by atoms with Crippen LogP contribution in [0.25, 0.3) is 0 Å². The molecule has 0 aromatic heterocycles. The number of phosphoric ester groups is 1. The van der Waals surface area contributed by atoms with Crippen LogP contribution in [0.1, 0.15) is 200 Å². The van der Waals surface area contributed by atoms with Gasteiger partial charge < -0.3 is 89.5 Å². The lowest BCUT2D eigenvalue weighted by Gasteiger charge is -2.49. The van der Waals surface area contributed by atoms with E-state index in [1.54, 1.807) is 0 Å². The standard InChI is InChI=1S/C54H101O23P/c1-3-5-7-9-11-13-15-17-19-20-22-24-26-28-30-39(57)70-34-36(72-40(58)31-29-27-25-23-21-18-16-14-12-10-8-6-4-2)35-71-78(68,69)77-52-50(75-53-48(66)43(61)41(59)37(32-55)73-53)46(64)45(63)47(65)51(52)76-54-49(67)44(62)42(60)38(33-56)74-54/h36-38,41-56,59-67H,3-35H2,1-2H3,(H,68,69)/t36-,37?,38?,41-,42+,43?,44?,45?,46?,47?,48-,49+,50-,51?,52?,53-,54+/m1/s1. The van der Waals surface area contributed by atoms with E-state index in [0.29, 0.717) is 12.8 Å². The summed E-state index contributed by atoms with van der Waals surface area (Å²) in [6.07, 6.45) is -4.82. The maximum Gasteiger partial charge on any atom is 0.472 e. The van der Waals surface area contributed by atoms with Crippen molar-refractivity contribution in [1.29, 1.82) is 0 Å². The van der Waals surface area contributed by atoms with Gasteiger partial charge in [-0.05, 0) is 12.8 Å². The minimum Gasteiger partial charge on any atom is -0.462 e. The molecule has 23 nitrogen and oxygen atoms in total. The number of esters is 2. The van der Waals surface area contributed by atoms with Crippen LogP contribution in [-0.4, -0.2) is 204 Å². The molecule has 0 bridgehead atoms. The number of aliphatic hydroxyl groups excluding tert-OH is 11. The third-order valence-corrected chi connectivity index (χ3v) is 15.9. The van der Waals surface area contributed by atoms with Gasteiger partial charge in [-0.25, -0.2) is 4.57 Å². The Labute approximate surface area is 461 Å². The van der Waals surface area contributed by atoms with Gasteiger partial charge in [-0.1, -0.05) is 174 Å². The zero-order chi connectivity index (χ0) is 57.5. The number of ether oxygens (including phenoxy) is 6. The van der Waals surface area contributed by atoms with Crippen molar-refractivity contribution in [1.82, 2.24) is 0 Å². The molecule has 24 heteroatoms. The van der Waals surface area contributed by atoms with E-state index in [1.807, 2.05) is 0 Å². The molecule has 0 spiro atoms. The first kappa shape index (κ1) is 70.7. The van der Waals surface area contributed by atoms with Gasteiger partial charge in [-0.3, -0.25) is 18.6 Å². The highest BCUT2D eigenvalue weighted by Gasteiger charge is 2.58. The second kappa shape index (κ2) is 39.8. The minimum atomic E-state index is -5.63. The summed E-state index contributed by atoms with van der Waals surface area (Å²) in [4.78, 5) is 37.5. The predicted octanol–water partition coefficient (Wildman–Crippen LogP) is 3.76. The van der Waals surface area contributed by atoms with Crippen LogP contribution in [0.15, 0.2) is 0 Å². The van der Waals surface area contributed by atoms with Gasteiger partial charge in [0.2, 0.25) is 0 Å². The molecule has 12 N–H and O–H groups in total. The SMILES string of the molecule is CCCCCCCCCCCCCCCCC(=O)OC[C@H](COP(=O)(O)OC1C(O[C@@H]2OC(CO)[C@H](O)C(O)[C@@H]2O)C(O)C(O)C(O)[C@H]1O[C@H]1OC(CO)[C@@H](O)C(O)[C@H]1O)OC(=O)CCCCCCCCCCCCCCC. The van der Waals surface area contributed by atoms with E-state index < -0.39 is 150 Å². The third kappa shape index (κ3) is 25.5. The molecule has 10 unspecified atom stereocenters. The van der Waals surface area contributed by atoms with Crippen molar-refractivity contribution in [3.8, 4) is 0 Å². The van der Waals surface area contributed by atoms with Crippen LogP contribution in [0.3, 0.4) is 0 Å². The van der Waals surface area contributed by atoms with Crippen molar-refractivity contribution < 1.29 is 113 Å². The zero-order valence-corrected chi connectivity index (χ0v) is 47.3. The minimum absolute atomic E-state index is 0.0251. The summed E-state index contributed by atoms with van der Waals surface area (Å²) in [6, 6.07) is 0. The second-order valence-corrected chi connectivity index (χ2v) is 22.9. The lowest BCUT2D eigenvalue weighted by atomic mass is 9.84. The molecule has 3 aliphatic rings. The Morgan fingerprint density at radius 2 is 0.769 bits per heavy atom. The summed E-state index contributed by atoms with van der Waals surface area (Å²) in [6.45, 7) is 1.02. The molecular formula is C54H101O23P. The quantitative estimate of drug-likeness (QED) is 0.0235. The van der Waals surface area contributed by atoms with Crippen LogP contribution < -0.4 is 0 Å². The normalized spacial score (nSPS) is 31.7. The Kier molecular flexibility index (Phi) is 36.1. The summed E-state index contributed by atoms with van der Waals surface area (Å²) < 4.78 is 58.1. The fourth-order valence-corrected chi connectivity index (χ4v) is 11.0. The Balaban J connectivity index is 1.71. The number of carbonyl (C=O) groups is 2. The average Bonchev–Trinajstić information content (AvgIpc) is 3.42. The number of phosphoric acid groups is 1. The third-order valence-electron chi connectivity index (χ3n) is 14.9. The average molecular weight is 1150 g/mol. The molecule has 0 aromatic rings. The summed E-state index contributed by atoms with van der Waals surface area (Å²) in [5, 5.41) is 117. The summed E-state index contributed by atoms with van der Waals surface area (Å²) in [5.41, 5.74) is 0. The zero-order valence-electron chi connectivity index (χ0n) is 46.5. The predicted molar refractivity (Wildman–Crippen MR) is 282 cm³/mol. The van der Waals surface area contributed by atoms with E-state index in [-0.39, 0.29) is 12.8 Å². The first-order valence-corrected chi connectivity index (χ1v) is 30.9. The van der Waals surface area contributed by atoms with Crippen molar-refractivity contribution in [2.45, 2.75) is 304 Å². The van der Waals surface area contributed by atoms with Crippen molar-refractivity contribution in [3.63, 3.8) is 0 Å². The molecule has 2 heterocycles. The number of unbranched alkanes of at least 4 members (excludes halogenated alkanes) is 25. The van der Waals surface area contributed by atoms with Gasteiger partial charge in [-0.15, -0.1) is 0 Å². The van der Waals surface area contributed by atoms with Crippen LogP contribution in [0.4, 0.5) is 0 Å². The molecule has 0 radical (unpaired) electrons. The van der Waals surface area contributed by atoms with Gasteiger partial charge in [0.25, 0.3) is 0 Å². The van der Waals surface area contributed by atoms with Crippen LogP contribution in [0.5, 0.6) is 0 Å². The first-order chi connectivity index (χ1) is 37.4. The molecule has 2 saturated heterocycles. The van der Waals surface area contributed by atoms with Crippen LogP contribution in [0.2, 0.25) is 0 Å². The first-order valence-electron chi connectivity index (χ1n) is 29.4. The highest BCUT2D eigenvalue weighted by molar-refractivity contribution is 7.47. The van der Waals surface area contributed by atoms with Gasteiger partial charge in [0.1, 0.15) is 92.1 Å². The Bertz CT molecular complexity index is 1560. The van der Waals surface area contributed by atoms with Crippen molar-refractivity contribution in [2.24, 2.45) is 0 Å². The number of hydrogen-bond acceptors (Lipinski definition) is 22. The van der Waals surface area contributed by atoms with Gasteiger partial charge >= 0.3 is 19.8 Å². The number of rotatable bonds is 43. The van der Waals surface area contributed by atoms with Gasteiger partial charge in [-0.2, -0.15) is 0 Å². The molecule has 18 atom stereocenters. The van der Waals surface area contributed by atoms with E-state index in [2.05, 4.69) is 13.8 Å². The molecule has 1 aliphatic carbocycles. The van der Waals surface area contributed by atoms with E-state index in [9.17, 15) is 75.2 Å². The van der Waals surface area contributed by atoms with Gasteiger partial charge in [0.05, 0.1) is 19.8 Å². The van der Waals surface area contributed by atoms with Crippen molar-refractivity contribution in [2.75, 3.05) is 26.4 Å². The maximum absolute atomic E-state index is 14.0. The summed E-state index contributed by atoms with van der Waals surface area (Å²) >= 11 is 0. The topological polar surface area (TPSA) is 368 Å². The lowest BCUT2D eigenvalue weighted by molar-refractivity contribution is -0.360. The smallest absolute Gasteiger partial charge is 0.462 e. The highest BCUT2D eigenvalue weighted by Crippen LogP contribution is 2.49. The van der Waals surface area contributed by atoms with Crippen LogP contribution >= 0.6 is 7.82 Å². The molecule has 460 valence electrons. The van der Waals surface area contributed by atoms with Crippen LogP contribution in [0, 0.1) is 0 Å². The number of hydrogen-bond donors (Lipinski definition) is 12. The molecule has 0 amide bonds. The molecule has 78 heavy (non-hydrogen) atoms. The second-order valence-electron chi connectivity index (χ2n) is 21.5. The molecule has 1 saturated carbocycles.